The molecule has 0 saturated carbocycles. The Morgan fingerprint density at radius 1 is 1.04 bits per heavy atom. The van der Waals surface area contributed by atoms with E-state index in [4.69, 9.17) is 4.74 Å². The van der Waals surface area contributed by atoms with Gasteiger partial charge in [-0.2, -0.15) is 0 Å². The van der Waals surface area contributed by atoms with Crippen LogP contribution in [0.5, 0.6) is 5.75 Å². The van der Waals surface area contributed by atoms with Crippen LogP contribution in [0.15, 0.2) is 71.3 Å². The average Bonchev–Trinajstić information content (AvgIpc) is 2.65. The van der Waals surface area contributed by atoms with Crippen LogP contribution in [-0.2, 0) is 0 Å². The van der Waals surface area contributed by atoms with Gasteiger partial charge in [-0.3, -0.25) is 4.79 Å². The molecule has 0 atom stereocenters. The fourth-order valence-corrected chi connectivity index (χ4v) is 2.56. The Labute approximate surface area is 154 Å². The fourth-order valence-electron chi connectivity index (χ4n) is 2.18. The first-order valence-corrected chi connectivity index (χ1v) is 8.38. The maximum Gasteiger partial charge on any atom is 0.257 e. The molecule has 0 radical (unpaired) electrons. The van der Waals surface area contributed by atoms with Crippen molar-refractivity contribution in [2.45, 2.75) is 0 Å². The molecule has 0 fully saturated rings. The first-order chi connectivity index (χ1) is 12.2. The number of benzene rings is 2. The van der Waals surface area contributed by atoms with Gasteiger partial charge in [-0.05, 0) is 64.5 Å². The molecule has 0 aliphatic rings. The quantitative estimate of drug-likeness (QED) is 0.645. The summed E-state index contributed by atoms with van der Waals surface area (Å²) in [6, 6.07) is 18.4. The van der Waals surface area contributed by atoms with Crippen LogP contribution >= 0.6 is 15.9 Å². The van der Waals surface area contributed by atoms with E-state index < -0.39 is 0 Å². The third kappa shape index (κ3) is 4.36. The monoisotopic (exact) mass is 397 g/mol. The number of hydrogen-bond donors (Lipinski definition) is 2. The average molecular weight is 398 g/mol. The highest BCUT2D eigenvalue weighted by Gasteiger charge is 2.07. The van der Waals surface area contributed by atoms with Crippen molar-refractivity contribution < 1.29 is 9.53 Å². The molecule has 126 valence electrons. The number of methoxy groups -OCH3 is 1. The van der Waals surface area contributed by atoms with Crippen LogP contribution in [-0.4, -0.2) is 18.0 Å². The zero-order valence-electron chi connectivity index (χ0n) is 13.5. The minimum absolute atomic E-state index is 0.217. The Balaban J connectivity index is 1.66. The van der Waals surface area contributed by atoms with E-state index in [1.54, 1.807) is 43.5 Å². The number of hydrogen-bond acceptors (Lipinski definition) is 4. The number of nitrogens with zero attached hydrogens (tertiary/aromatic N) is 1. The molecule has 25 heavy (non-hydrogen) atoms. The van der Waals surface area contributed by atoms with Crippen molar-refractivity contribution in [2.24, 2.45) is 0 Å². The van der Waals surface area contributed by atoms with Crippen LogP contribution in [0.1, 0.15) is 10.4 Å². The number of nitrogens with one attached hydrogen (secondary N) is 2. The van der Waals surface area contributed by atoms with Crippen molar-refractivity contribution in [3.8, 4) is 5.75 Å². The molecule has 3 aromatic rings. The number of rotatable bonds is 5. The zero-order valence-corrected chi connectivity index (χ0v) is 15.1. The van der Waals surface area contributed by atoms with Gasteiger partial charge < -0.3 is 15.4 Å². The van der Waals surface area contributed by atoms with Gasteiger partial charge in [0.2, 0.25) is 0 Å². The van der Waals surface area contributed by atoms with Gasteiger partial charge in [0.1, 0.15) is 11.6 Å². The Bertz CT molecular complexity index is 865. The van der Waals surface area contributed by atoms with Crippen molar-refractivity contribution in [3.05, 3.63) is 76.9 Å². The molecule has 1 amide bonds. The summed E-state index contributed by atoms with van der Waals surface area (Å²) in [4.78, 5) is 16.6. The van der Waals surface area contributed by atoms with Crippen molar-refractivity contribution in [2.75, 3.05) is 17.7 Å². The predicted octanol–water partition coefficient (Wildman–Crippen LogP) is 4.85. The molecule has 0 bridgehead atoms. The van der Waals surface area contributed by atoms with Crippen molar-refractivity contribution in [1.29, 1.82) is 0 Å². The summed E-state index contributed by atoms with van der Waals surface area (Å²) in [5.74, 6) is 1.18. The van der Waals surface area contributed by atoms with Crippen LogP contribution in [0.2, 0.25) is 0 Å². The lowest BCUT2D eigenvalue weighted by molar-refractivity contribution is 0.102. The lowest BCUT2D eigenvalue weighted by Gasteiger charge is -2.09. The van der Waals surface area contributed by atoms with E-state index >= 15 is 0 Å². The lowest BCUT2D eigenvalue weighted by Crippen LogP contribution is -2.12. The van der Waals surface area contributed by atoms with Crippen LogP contribution in [0.25, 0.3) is 0 Å². The Kier molecular flexibility index (Phi) is 5.30. The van der Waals surface area contributed by atoms with Gasteiger partial charge in [0.05, 0.1) is 18.4 Å². The van der Waals surface area contributed by atoms with E-state index in [2.05, 4.69) is 31.5 Å². The molecule has 3 rings (SSSR count). The highest BCUT2D eigenvalue weighted by atomic mass is 79.9. The van der Waals surface area contributed by atoms with E-state index in [0.717, 1.165) is 15.9 Å². The van der Waals surface area contributed by atoms with Gasteiger partial charge in [-0.25, -0.2) is 4.98 Å². The van der Waals surface area contributed by atoms with Crippen LogP contribution in [0.4, 0.5) is 17.2 Å². The number of para-hydroxylation sites is 1. The van der Waals surface area contributed by atoms with Gasteiger partial charge in [-0.1, -0.05) is 12.1 Å². The van der Waals surface area contributed by atoms with E-state index in [1.807, 2.05) is 24.3 Å². The maximum absolute atomic E-state index is 12.3. The fraction of sp³-hybridized carbons (Fsp3) is 0.0526. The summed E-state index contributed by atoms with van der Waals surface area (Å²) in [5, 5.41) is 6.02. The summed E-state index contributed by atoms with van der Waals surface area (Å²) in [6.07, 6.45) is 1.54. The largest absolute Gasteiger partial charge is 0.497 e. The summed E-state index contributed by atoms with van der Waals surface area (Å²) < 4.78 is 6.04. The molecule has 0 unspecified atom stereocenters. The lowest BCUT2D eigenvalue weighted by atomic mass is 10.2. The van der Waals surface area contributed by atoms with Gasteiger partial charge in [-0.15, -0.1) is 0 Å². The molecule has 5 nitrogen and oxygen atoms in total. The number of aromatic nitrogens is 1. The van der Waals surface area contributed by atoms with Crippen molar-refractivity contribution in [3.63, 3.8) is 0 Å². The Morgan fingerprint density at radius 3 is 2.44 bits per heavy atom. The number of carbonyl (C=O) groups excluding carboxylic acids is 1. The standard InChI is InChI=1S/C19H16BrN3O2/c1-25-15-9-7-14(8-10-15)22-19(24)13-6-11-18(21-12-13)23-17-5-3-2-4-16(17)20/h2-12H,1H3,(H,21,23)(H,22,24). The maximum atomic E-state index is 12.3. The highest BCUT2D eigenvalue weighted by Crippen LogP contribution is 2.24. The Morgan fingerprint density at radius 2 is 1.80 bits per heavy atom. The third-order valence-electron chi connectivity index (χ3n) is 3.51. The molecular weight excluding hydrogens is 382 g/mol. The first-order valence-electron chi connectivity index (χ1n) is 7.59. The number of anilines is 3. The van der Waals surface area contributed by atoms with E-state index in [0.29, 0.717) is 17.1 Å². The first kappa shape index (κ1) is 17.0. The van der Waals surface area contributed by atoms with Gasteiger partial charge >= 0.3 is 0 Å². The molecule has 1 aromatic heterocycles. The normalized spacial score (nSPS) is 10.2. The number of pyridine rings is 1. The van der Waals surface area contributed by atoms with Crippen molar-refractivity contribution >= 4 is 39.0 Å². The summed E-state index contributed by atoms with van der Waals surface area (Å²) in [7, 11) is 1.60. The Hall–Kier alpha value is -2.86. The van der Waals surface area contributed by atoms with E-state index in [1.165, 1.54) is 6.20 Å². The van der Waals surface area contributed by atoms with Crippen LogP contribution in [0.3, 0.4) is 0 Å². The molecule has 2 N–H and O–H groups in total. The second kappa shape index (κ2) is 7.81. The number of amides is 1. The molecule has 2 aromatic carbocycles. The second-order valence-corrected chi connectivity index (χ2v) is 6.07. The SMILES string of the molecule is COc1ccc(NC(=O)c2ccc(Nc3ccccc3Br)nc2)cc1. The van der Waals surface area contributed by atoms with Crippen molar-refractivity contribution in [1.82, 2.24) is 4.98 Å². The summed E-state index contributed by atoms with van der Waals surface area (Å²) in [5.41, 5.74) is 2.08. The molecular formula is C19H16BrN3O2. The van der Waals surface area contributed by atoms with Gasteiger partial charge in [0.25, 0.3) is 5.91 Å². The topological polar surface area (TPSA) is 63.2 Å². The summed E-state index contributed by atoms with van der Waals surface area (Å²) in [6.45, 7) is 0. The zero-order chi connectivity index (χ0) is 17.6. The number of halogens is 1. The molecule has 6 heteroatoms. The highest BCUT2D eigenvalue weighted by molar-refractivity contribution is 9.10. The minimum Gasteiger partial charge on any atom is -0.497 e. The third-order valence-corrected chi connectivity index (χ3v) is 4.20. The number of ether oxygens (including phenoxy) is 1. The van der Waals surface area contributed by atoms with Gasteiger partial charge in [0, 0.05) is 16.4 Å². The molecule has 0 aliphatic heterocycles. The molecule has 1 heterocycles. The van der Waals surface area contributed by atoms with Crippen LogP contribution < -0.4 is 15.4 Å². The predicted molar refractivity (Wildman–Crippen MR) is 103 cm³/mol. The van der Waals surface area contributed by atoms with Crippen LogP contribution in [0, 0.1) is 0 Å². The molecule has 0 aliphatic carbocycles. The van der Waals surface area contributed by atoms with E-state index in [-0.39, 0.29) is 5.91 Å². The minimum atomic E-state index is -0.217. The van der Waals surface area contributed by atoms with Gasteiger partial charge in [0.15, 0.2) is 0 Å². The second-order valence-electron chi connectivity index (χ2n) is 5.22. The van der Waals surface area contributed by atoms with E-state index in [9.17, 15) is 4.79 Å². The smallest absolute Gasteiger partial charge is 0.257 e. The summed E-state index contributed by atoms with van der Waals surface area (Å²) >= 11 is 3.48. The number of carbonyl (C=O) groups is 1. The molecule has 0 spiro atoms. The molecule has 0 saturated heterocycles.